The molecule has 0 saturated carbocycles. The number of aliphatic carboxylic acids is 1. The van der Waals surface area contributed by atoms with E-state index in [1.165, 1.54) is 0 Å². The first-order valence-electron chi connectivity index (χ1n) is 6.54. The molecule has 0 spiro atoms. The minimum Gasteiger partial charge on any atom is -0.480 e. The van der Waals surface area contributed by atoms with Gasteiger partial charge in [-0.15, -0.1) is 0 Å². The fraction of sp³-hybridized carbons (Fsp3) is 0.846. The van der Waals surface area contributed by atoms with Crippen LogP contribution in [0.15, 0.2) is 0 Å². The van der Waals surface area contributed by atoms with Gasteiger partial charge >= 0.3 is 5.97 Å². The monoisotopic (exact) mass is 272 g/mol. The highest BCUT2D eigenvalue weighted by Crippen LogP contribution is 2.30. The molecule has 1 saturated heterocycles. The van der Waals surface area contributed by atoms with Crippen molar-refractivity contribution in [2.45, 2.75) is 39.7 Å². The van der Waals surface area contributed by atoms with E-state index in [9.17, 15) is 14.7 Å². The zero-order valence-electron chi connectivity index (χ0n) is 11.9. The van der Waals surface area contributed by atoms with Crippen molar-refractivity contribution < 1.29 is 19.4 Å². The summed E-state index contributed by atoms with van der Waals surface area (Å²) in [7, 11) is 0. The summed E-state index contributed by atoms with van der Waals surface area (Å²) in [5.41, 5.74) is 4.49. The van der Waals surface area contributed by atoms with E-state index in [4.69, 9.17) is 10.5 Å². The van der Waals surface area contributed by atoms with Gasteiger partial charge in [-0.2, -0.15) is 0 Å². The van der Waals surface area contributed by atoms with E-state index in [1.807, 2.05) is 0 Å². The van der Waals surface area contributed by atoms with E-state index in [0.717, 1.165) is 0 Å². The van der Waals surface area contributed by atoms with Gasteiger partial charge in [-0.3, -0.25) is 4.79 Å². The third kappa shape index (κ3) is 3.67. The van der Waals surface area contributed by atoms with Gasteiger partial charge < -0.3 is 20.9 Å². The Balaban J connectivity index is 2.83. The number of nitrogens with one attached hydrogen (secondary N) is 1. The van der Waals surface area contributed by atoms with Crippen molar-refractivity contribution in [3.05, 3.63) is 0 Å². The second-order valence-electron chi connectivity index (χ2n) is 6.21. The number of rotatable bonds is 4. The summed E-state index contributed by atoms with van der Waals surface area (Å²) in [4.78, 5) is 23.7. The molecule has 1 fully saturated rings. The number of carbonyl (C=O) groups is 2. The molecule has 6 heteroatoms. The van der Waals surface area contributed by atoms with Gasteiger partial charge in [0.05, 0.1) is 5.41 Å². The first kappa shape index (κ1) is 15.9. The Morgan fingerprint density at radius 3 is 2.26 bits per heavy atom. The van der Waals surface area contributed by atoms with Crippen molar-refractivity contribution in [1.82, 2.24) is 5.32 Å². The largest absolute Gasteiger partial charge is 0.480 e. The molecule has 1 rings (SSSR count). The quantitative estimate of drug-likeness (QED) is 0.685. The van der Waals surface area contributed by atoms with E-state index in [1.54, 1.807) is 20.8 Å². The average Bonchev–Trinajstić information content (AvgIpc) is 2.34. The number of nitrogens with two attached hydrogens (primary N) is 1. The SMILES string of the molecule is CC(C)(C)C(NC(=O)C1(CN)CCOCC1)C(=O)O. The lowest BCUT2D eigenvalue weighted by Gasteiger charge is -2.37. The minimum atomic E-state index is -1.03. The maximum Gasteiger partial charge on any atom is 0.326 e. The molecule has 1 aliphatic heterocycles. The Kier molecular flexibility index (Phi) is 4.92. The number of carboxylic acids is 1. The number of amides is 1. The molecule has 0 aromatic carbocycles. The summed E-state index contributed by atoms with van der Waals surface area (Å²) in [5.74, 6) is -1.30. The van der Waals surface area contributed by atoms with Gasteiger partial charge in [0.2, 0.25) is 5.91 Å². The van der Waals surface area contributed by atoms with Gasteiger partial charge in [0.1, 0.15) is 6.04 Å². The van der Waals surface area contributed by atoms with E-state index in [2.05, 4.69) is 5.32 Å². The molecule has 19 heavy (non-hydrogen) atoms. The molecular weight excluding hydrogens is 248 g/mol. The Bertz CT molecular complexity index is 343. The van der Waals surface area contributed by atoms with Crippen LogP contribution in [0.5, 0.6) is 0 Å². The van der Waals surface area contributed by atoms with Crippen LogP contribution in [-0.2, 0) is 14.3 Å². The van der Waals surface area contributed by atoms with Crippen molar-refractivity contribution in [2.75, 3.05) is 19.8 Å². The highest BCUT2D eigenvalue weighted by molar-refractivity contribution is 5.88. The summed E-state index contributed by atoms with van der Waals surface area (Å²) >= 11 is 0. The Hall–Kier alpha value is -1.14. The van der Waals surface area contributed by atoms with Crippen molar-refractivity contribution >= 4 is 11.9 Å². The molecule has 0 aliphatic carbocycles. The van der Waals surface area contributed by atoms with Crippen molar-refractivity contribution in [3.63, 3.8) is 0 Å². The molecule has 0 radical (unpaired) electrons. The second-order valence-corrected chi connectivity index (χ2v) is 6.21. The fourth-order valence-corrected chi connectivity index (χ4v) is 2.22. The molecule has 0 aromatic heterocycles. The van der Waals surface area contributed by atoms with E-state index in [0.29, 0.717) is 26.1 Å². The summed E-state index contributed by atoms with van der Waals surface area (Å²) in [6.07, 6.45) is 1.07. The highest BCUT2D eigenvalue weighted by Gasteiger charge is 2.42. The number of ether oxygens (including phenoxy) is 1. The van der Waals surface area contributed by atoms with Gasteiger partial charge in [-0.25, -0.2) is 4.79 Å². The van der Waals surface area contributed by atoms with Gasteiger partial charge in [-0.1, -0.05) is 20.8 Å². The van der Waals surface area contributed by atoms with Crippen LogP contribution in [0.4, 0.5) is 0 Å². The number of carbonyl (C=O) groups excluding carboxylic acids is 1. The standard InChI is InChI=1S/C13H24N2O4/c1-12(2,3)9(10(16)17)15-11(18)13(8-14)4-6-19-7-5-13/h9H,4-8,14H2,1-3H3,(H,15,18)(H,16,17). The molecule has 1 atom stereocenters. The first-order chi connectivity index (χ1) is 8.73. The van der Waals surface area contributed by atoms with Crippen molar-refractivity contribution in [1.29, 1.82) is 0 Å². The molecule has 4 N–H and O–H groups in total. The van der Waals surface area contributed by atoms with Crippen LogP contribution >= 0.6 is 0 Å². The van der Waals surface area contributed by atoms with Crippen molar-refractivity contribution in [3.8, 4) is 0 Å². The fourth-order valence-electron chi connectivity index (χ4n) is 2.22. The number of hydrogen-bond acceptors (Lipinski definition) is 4. The number of carboxylic acid groups (broad SMARTS) is 1. The van der Waals surface area contributed by atoms with Crippen LogP contribution in [0.25, 0.3) is 0 Å². The van der Waals surface area contributed by atoms with Crippen LogP contribution in [-0.4, -0.2) is 42.8 Å². The number of hydrogen-bond donors (Lipinski definition) is 3. The third-order valence-corrected chi connectivity index (χ3v) is 3.71. The predicted molar refractivity (Wildman–Crippen MR) is 70.6 cm³/mol. The Labute approximate surface area is 113 Å². The third-order valence-electron chi connectivity index (χ3n) is 3.71. The molecule has 1 amide bonds. The highest BCUT2D eigenvalue weighted by atomic mass is 16.5. The van der Waals surface area contributed by atoms with Crippen LogP contribution < -0.4 is 11.1 Å². The van der Waals surface area contributed by atoms with Crippen LogP contribution in [0.1, 0.15) is 33.6 Å². The zero-order valence-corrected chi connectivity index (χ0v) is 11.9. The molecule has 0 aromatic rings. The summed E-state index contributed by atoms with van der Waals surface area (Å²) < 4.78 is 5.24. The maximum atomic E-state index is 12.4. The summed E-state index contributed by atoms with van der Waals surface area (Å²) in [5, 5.41) is 11.9. The van der Waals surface area contributed by atoms with Crippen LogP contribution in [0.3, 0.4) is 0 Å². The van der Waals surface area contributed by atoms with Gasteiger partial charge in [0.15, 0.2) is 0 Å². The lowest BCUT2D eigenvalue weighted by atomic mass is 9.78. The van der Waals surface area contributed by atoms with Crippen LogP contribution in [0, 0.1) is 10.8 Å². The first-order valence-corrected chi connectivity index (χ1v) is 6.54. The molecule has 110 valence electrons. The minimum absolute atomic E-state index is 0.207. The Morgan fingerprint density at radius 2 is 1.89 bits per heavy atom. The van der Waals surface area contributed by atoms with Crippen LogP contribution in [0.2, 0.25) is 0 Å². The molecule has 1 aliphatic rings. The van der Waals surface area contributed by atoms with Gasteiger partial charge in [-0.05, 0) is 18.3 Å². The molecule has 6 nitrogen and oxygen atoms in total. The Morgan fingerprint density at radius 1 is 1.37 bits per heavy atom. The topological polar surface area (TPSA) is 102 Å². The maximum absolute atomic E-state index is 12.4. The lowest BCUT2D eigenvalue weighted by molar-refractivity contribution is -0.148. The lowest BCUT2D eigenvalue weighted by Crippen LogP contribution is -2.56. The summed E-state index contributed by atoms with van der Waals surface area (Å²) in [6, 6.07) is -0.925. The smallest absolute Gasteiger partial charge is 0.326 e. The van der Waals surface area contributed by atoms with E-state index >= 15 is 0 Å². The van der Waals surface area contributed by atoms with E-state index in [-0.39, 0.29) is 12.5 Å². The van der Waals surface area contributed by atoms with Gasteiger partial charge in [0, 0.05) is 19.8 Å². The predicted octanol–water partition coefficient (Wildman–Crippen LogP) is 0.357. The normalized spacial score (nSPS) is 20.6. The van der Waals surface area contributed by atoms with E-state index < -0.39 is 22.8 Å². The summed E-state index contributed by atoms with van der Waals surface area (Å²) in [6.45, 7) is 6.52. The average molecular weight is 272 g/mol. The second kappa shape index (κ2) is 5.88. The zero-order chi connectivity index (χ0) is 14.7. The van der Waals surface area contributed by atoms with Crippen molar-refractivity contribution in [2.24, 2.45) is 16.6 Å². The molecule has 0 bridgehead atoms. The van der Waals surface area contributed by atoms with Gasteiger partial charge in [0.25, 0.3) is 0 Å². The molecule has 1 unspecified atom stereocenters. The molecular formula is C13H24N2O4. The molecule has 1 heterocycles.